The van der Waals surface area contributed by atoms with E-state index in [0.717, 1.165) is 25.2 Å². The first kappa shape index (κ1) is 9.43. The Bertz CT molecular complexity index is 397. The molecule has 0 spiro atoms. The number of nitrogens with zero attached hydrogens (tertiary/aromatic N) is 1. The van der Waals surface area contributed by atoms with Gasteiger partial charge in [0, 0.05) is 37.3 Å². The van der Waals surface area contributed by atoms with Crippen LogP contribution in [0, 0.1) is 0 Å². The molecule has 2 heterocycles. The van der Waals surface area contributed by atoms with Gasteiger partial charge >= 0.3 is 0 Å². The number of likely N-dealkylation sites (N-methyl/N-ethyl adjacent to an activating group) is 1. The molecule has 76 valence electrons. The Kier molecular flexibility index (Phi) is 2.39. The van der Waals surface area contributed by atoms with E-state index >= 15 is 0 Å². The Balaban J connectivity index is 2.46. The summed E-state index contributed by atoms with van der Waals surface area (Å²) in [5.41, 5.74) is 8.41. The highest BCUT2D eigenvalue weighted by Gasteiger charge is 2.14. The van der Waals surface area contributed by atoms with Crippen molar-refractivity contribution in [1.82, 2.24) is 9.88 Å². The number of aromatic amines is 1. The van der Waals surface area contributed by atoms with E-state index in [4.69, 9.17) is 5.73 Å². The summed E-state index contributed by atoms with van der Waals surface area (Å²) in [5, 5.41) is 0. The molecule has 0 radical (unpaired) electrons. The van der Waals surface area contributed by atoms with Crippen LogP contribution in [-0.2, 0) is 19.5 Å². The summed E-state index contributed by atoms with van der Waals surface area (Å²) in [5.74, 6) is 0. The molecule has 3 N–H and O–H groups in total. The SMILES string of the molecule is CN1CCc2[nH]c(=O)c(CN)cc2C1. The fourth-order valence-electron chi connectivity index (χ4n) is 1.85. The summed E-state index contributed by atoms with van der Waals surface area (Å²) in [6.45, 7) is 2.22. The second-order valence-corrected chi connectivity index (χ2v) is 3.82. The molecule has 0 bridgehead atoms. The van der Waals surface area contributed by atoms with E-state index in [0.29, 0.717) is 12.1 Å². The maximum absolute atomic E-state index is 11.5. The Hall–Kier alpha value is -1.13. The van der Waals surface area contributed by atoms with Gasteiger partial charge in [0.05, 0.1) is 0 Å². The van der Waals surface area contributed by atoms with Gasteiger partial charge in [-0.2, -0.15) is 0 Å². The molecule has 0 fully saturated rings. The van der Waals surface area contributed by atoms with Crippen molar-refractivity contribution in [2.45, 2.75) is 19.5 Å². The maximum atomic E-state index is 11.5. The third-order valence-corrected chi connectivity index (χ3v) is 2.70. The van der Waals surface area contributed by atoms with Crippen LogP contribution in [0.5, 0.6) is 0 Å². The zero-order valence-corrected chi connectivity index (χ0v) is 8.34. The van der Waals surface area contributed by atoms with Crippen LogP contribution in [0.3, 0.4) is 0 Å². The number of hydrogen-bond donors (Lipinski definition) is 2. The van der Waals surface area contributed by atoms with Crippen molar-refractivity contribution >= 4 is 0 Å². The Morgan fingerprint density at radius 2 is 2.43 bits per heavy atom. The van der Waals surface area contributed by atoms with Gasteiger partial charge in [-0.15, -0.1) is 0 Å². The number of nitrogens with one attached hydrogen (secondary N) is 1. The second-order valence-electron chi connectivity index (χ2n) is 3.82. The predicted octanol–water partition coefficient (Wildman–Crippen LogP) is -0.179. The first-order valence-electron chi connectivity index (χ1n) is 4.83. The summed E-state index contributed by atoms with van der Waals surface area (Å²) in [4.78, 5) is 16.6. The standard InChI is InChI=1S/C10H15N3O/c1-13-3-2-9-8(6-13)4-7(5-11)10(14)12-9/h4H,2-3,5-6,11H2,1H3,(H,12,14). The Morgan fingerprint density at radius 1 is 1.64 bits per heavy atom. The summed E-state index contributed by atoms with van der Waals surface area (Å²) < 4.78 is 0. The molecular formula is C10H15N3O. The number of H-pyrrole nitrogens is 1. The first-order chi connectivity index (χ1) is 6.70. The van der Waals surface area contributed by atoms with Crippen LogP contribution in [0.2, 0.25) is 0 Å². The number of aromatic nitrogens is 1. The first-order valence-corrected chi connectivity index (χ1v) is 4.83. The highest BCUT2D eigenvalue weighted by Crippen LogP contribution is 2.14. The highest BCUT2D eigenvalue weighted by molar-refractivity contribution is 5.27. The van der Waals surface area contributed by atoms with Crippen LogP contribution < -0.4 is 11.3 Å². The molecule has 1 aliphatic heterocycles. The average molecular weight is 193 g/mol. The molecule has 0 saturated heterocycles. The van der Waals surface area contributed by atoms with Crippen LogP contribution in [0.25, 0.3) is 0 Å². The van der Waals surface area contributed by atoms with Crippen molar-refractivity contribution in [1.29, 1.82) is 0 Å². The van der Waals surface area contributed by atoms with Crippen LogP contribution in [-0.4, -0.2) is 23.5 Å². The van der Waals surface area contributed by atoms with Gasteiger partial charge in [0.1, 0.15) is 0 Å². The number of nitrogens with two attached hydrogens (primary N) is 1. The molecule has 2 rings (SSSR count). The lowest BCUT2D eigenvalue weighted by molar-refractivity contribution is 0.309. The van der Waals surface area contributed by atoms with Crippen LogP contribution in [0.15, 0.2) is 10.9 Å². The number of fused-ring (bicyclic) bond motifs is 1. The lowest BCUT2D eigenvalue weighted by Crippen LogP contribution is -2.30. The van der Waals surface area contributed by atoms with E-state index in [1.807, 2.05) is 6.07 Å². The van der Waals surface area contributed by atoms with Gasteiger partial charge in [0.25, 0.3) is 5.56 Å². The molecule has 0 atom stereocenters. The van der Waals surface area contributed by atoms with Crippen molar-refractivity contribution in [3.05, 3.63) is 33.2 Å². The molecular weight excluding hydrogens is 178 g/mol. The van der Waals surface area contributed by atoms with Gasteiger partial charge in [0.15, 0.2) is 0 Å². The predicted molar refractivity (Wildman–Crippen MR) is 55.0 cm³/mol. The third-order valence-electron chi connectivity index (χ3n) is 2.70. The van der Waals surface area contributed by atoms with Crippen molar-refractivity contribution in [2.24, 2.45) is 5.73 Å². The van der Waals surface area contributed by atoms with Crippen molar-refractivity contribution in [3.8, 4) is 0 Å². The Morgan fingerprint density at radius 3 is 3.14 bits per heavy atom. The molecule has 4 heteroatoms. The van der Waals surface area contributed by atoms with Crippen LogP contribution >= 0.6 is 0 Å². The molecule has 0 aliphatic carbocycles. The van der Waals surface area contributed by atoms with E-state index in [1.165, 1.54) is 5.56 Å². The van der Waals surface area contributed by atoms with Gasteiger partial charge in [-0.3, -0.25) is 4.79 Å². The van der Waals surface area contributed by atoms with Crippen molar-refractivity contribution < 1.29 is 0 Å². The zero-order valence-electron chi connectivity index (χ0n) is 8.34. The molecule has 14 heavy (non-hydrogen) atoms. The summed E-state index contributed by atoms with van der Waals surface area (Å²) in [6.07, 6.45) is 0.923. The number of rotatable bonds is 1. The maximum Gasteiger partial charge on any atom is 0.252 e. The minimum Gasteiger partial charge on any atom is -0.326 e. The normalized spacial score (nSPS) is 16.7. The van der Waals surface area contributed by atoms with Gasteiger partial charge in [-0.1, -0.05) is 0 Å². The summed E-state index contributed by atoms with van der Waals surface area (Å²) in [7, 11) is 2.08. The molecule has 0 aromatic carbocycles. The topological polar surface area (TPSA) is 62.1 Å². The quantitative estimate of drug-likeness (QED) is 0.650. The molecule has 0 amide bonds. The zero-order chi connectivity index (χ0) is 10.1. The van der Waals surface area contributed by atoms with E-state index in [-0.39, 0.29) is 5.56 Å². The number of pyridine rings is 1. The highest BCUT2D eigenvalue weighted by atomic mass is 16.1. The van der Waals surface area contributed by atoms with E-state index in [2.05, 4.69) is 16.9 Å². The van der Waals surface area contributed by atoms with Crippen LogP contribution in [0.1, 0.15) is 16.8 Å². The molecule has 1 aromatic heterocycles. The minimum atomic E-state index is -0.0317. The fourth-order valence-corrected chi connectivity index (χ4v) is 1.85. The smallest absolute Gasteiger partial charge is 0.252 e. The van der Waals surface area contributed by atoms with Crippen molar-refractivity contribution in [3.63, 3.8) is 0 Å². The molecule has 1 aromatic rings. The lowest BCUT2D eigenvalue weighted by Gasteiger charge is -2.24. The average Bonchev–Trinajstić information content (AvgIpc) is 2.17. The Labute approximate surface area is 82.7 Å². The minimum absolute atomic E-state index is 0.0317. The van der Waals surface area contributed by atoms with Crippen molar-refractivity contribution in [2.75, 3.05) is 13.6 Å². The number of hydrogen-bond acceptors (Lipinski definition) is 3. The fraction of sp³-hybridized carbons (Fsp3) is 0.500. The molecule has 4 nitrogen and oxygen atoms in total. The van der Waals surface area contributed by atoms with E-state index in [1.54, 1.807) is 0 Å². The van der Waals surface area contributed by atoms with Gasteiger partial charge < -0.3 is 15.6 Å². The van der Waals surface area contributed by atoms with Gasteiger partial charge in [-0.05, 0) is 18.7 Å². The molecule has 1 aliphatic rings. The van der Waals surface area contributed by atoms with Gasteiger partial charge in [-0.25, -0.2) is 0 Å². The molecule has 0 saturated carbocycles. The van der Waals surface area contributed by atoms with Crippen LogP contribution in [0.4, 0.5) is 0 Å². The largest absolute Gasteiger partial charge is 0.326 e. The monoisotopic (exact) mass is 193 g/mol. The van der Waals surface area contributed by atoms with E-state index < -0.39 is 0 Å². The third kappa shape index (κ3) is 1.58. The lowest BCUT2D eigenvalue weighted by atomic mass is 10.0. The summed E-state index contributed by atoms with van der Waals surface area (Å²) in [6, 6.07) is 1.93. The second kappa shape index (κ2) is 3.55. The van der Waals surface area contributed by atoms with E-state index in [9.17, 15) is 4.79 Å². The summed E-state index contributed by atoms with van der Waals surface area (Å²) >= 11 is 0. The van der Waals surface area contributed by atoms with Gasteiger partial charge in [0.2, 0.25) is 0 Å². The molecule has 0 unspecified atom stereocenters.